The molecule has 0 aliphatic rings. The van der Waals surface area contributed by atoms with Crippen LogP contribution in [-0.2, 0) is 9.84 Å². The summed E-state index contributed by atoms with van der Waals surface area (Å²) in [4.78, 5) is 16.6. The summed E-state index contributed by atoms with van der Waals surface area (Å²) in [5.41, 5.74) is 0.956. The molecule has 118 valence electrons. The van der Waals surface area contributed by atoms with Gasteiger partial charge in [-0.25, -0.2) is 13.4 Å². The molecule has 9 heteroatoms. The van der Waals surface area contributed by atoms with Gasteiger partial charge in [0.15, 0.2) is 5.13 Å². The van der Waals surface area contributed by atoms with Gasteiger partial charge in [-0.1, -0.05) is 0 Å². The van der Waals surface area contributed by atoms with Gasteiger partial charge in [0.05, 0.1) is 10.6 Å². The molecular formula is C13H12F2N2O3S2. The van der Waals surface area contributed by atoms with Crippen LogP contribution in [0.3, 0.4) is 0 Å². The number of aromatic nitrogens is 1. The van der Waals surface area contributed by atoms with Crippen molar-refractivity contribution in [1.82, 2.24) is 4.98 Å². The third-order valence-corrected chi connectivity index (χ3v) is 5.32. The van der Waals surface area contributed by atoms with Crippen molar-refractivity contribution in [2.45, 2.75) is 24.5 Å². The van der Waals surface area contributed by atoms with E-state index in [0.717, 1.165) is 22.7 Å². The fourth-order valence-corrected chi connectivity index (χ4v) is 3.13. The predicted molar refractivity (Wildman–Crippen MR) is 79.2 cm³/mol. The maximum Gasteiger partial charge on any atom is 0.341 e. The Kier molecular flexibility index (Phi) is 4.57. The highest BCUT2D eigenvalue weighted by Gasteiger charge is 2.26. The highest BCUT2D eigenvalue weighted by Crippen LogP contribution is 2.22. The van der Waals surface area contributed by atoms with E-state index in [1.807, 2.05) is 13.8 Å². The molecule has 0 unspecified atom stereocenters. The topological polar surface area (TPSA) is 76.1 Å². The number of carbonyl (C=O) groups is 1. The van der Waals surface area contributed by atoms with Crippen molar-refractivity contribution in [3.63, 3.8) is 0 Å². The fourth-order valence-electron chi connectivity index (χ4n) is 1.59. The number of halogens is 2. The van der Waals surface area contributed by atoms with Gasteiger partial charge in [0.25, 0.3) is 5.91 Å². The second-order valence-corrected chi connectivity index (χ2v) is 7.57. The standard InChI is InChI=1S/C13H12F2N2O3S2/c1-7-8(2)21-13(16-7)17-11(18)9-3-5-10(6-4-9)22(19,20)12(14)15/h3-6,12H,1-2H3,(H,16,17,18). The predicted octanol–water partition coefficient (Wildman–Crippen LogP) is 3.01. The average molecular weight is 346 g/mol. The van der Waals surface area contributed by atoms with Gasteiger partial charge in [-0.2, -0.15) is 8.78 Å². The molecule has 0 spiro atoms. The third-order valence-electron chi connectivity index (χ3n) is 2.93. The molecule has 1 N–H and O–H groups in total. The smallest absolute Gasteiger partial charge is 0.298 e. The van der Waals surface area contributed by atoms with Crippen LogP contribution in [0, 0.1) is 13.8 Å². The van der Waals surface area contributed by atoms with E-state index in [0.29, 0.717) is 5.13 Å². The number of thiazole rings is 1. The highest BCUT2D eigenvalue weighted by atomic mass is 32.2. The number of alkyl halides is 2. The maximum absolute atomic E-state index is 12.4. The highest BCUT2D eigenvalue weighted by molar-refractivity contribution is 7.91. The third kappa shape index (κ3) is 3.30. The van der Waals surface area contributed by atoms with Crippen LogP contribution >= 0.6 is 11.3 Å². The zero-order valence-electron chi connectivity index (χ0n) is 11.6. The van der Waals surface area contributed by atoms with Crippen LogP contribution in [-0.4, -0.2) is 25.1 Å². The molecular weight excluding hydrogens is 334 g/mol. The number of nitrogens with one attached hydrogen (secondary N) is 1. The van der Waals surface area contributed by atoms with E-state index in [2.05, 4.69) is 10.3 Å². The number of sulfone groups is 1. The Labute approximate surface area is 129 Å². The van der Waals surface area contributed by atoms with Gasteiger partial charge in [0, 0.05) is 10.4 Å². The maximum atomic E-state index is 12.4. The minimum Gasteiger partial charge on any atom is -0.298 e. The van der Waals surface area contributed by atoms with Gasteiger partial charge in [0.2, 0.25) is 9.84 Å². The van der Waals surface area contributed by atoms with Crippen molar-refractivity contribution >= 4 is 32.2 Å². The second kappa shape index (κ2) is 6.09. The molecule has 0 fully saturated rings. The van der Waals surface area contributed by atoms with Crippen LogP contribution in [0.25, 0.3) is 0 Å². The molecule has 0 aliphatic carbocycles. The van der Waals surface area contributed by atoms with Gasteiger partial charge in [-0.05, 0) is 38.1 Å². The van der Waals surface area contributed by atoms with Crippen molar-refractivity contribution in [2.75, 3.05) is 5.32 Å². The van der Waals surface area contributed by atoms with Gasteiger partial charge >= 0.3 is 5.76 Å². The number of amides is 1. The Morgan fingerprint density at radius 3 is 2.27 bits per heavy atom. The van der Waals surface area contributed by atoms with E-state index in [-0.39, 0.29) is 5.56 Å². The zero-order chi connectivity index (χ0) is 16.5. The molecule has 1 aromatic carbocycles. The molecule has 1 heterocycles. The summed E-state index contributed by atoms with van der Waals surface area (Å²) in [6.07, 6.45) is 0. The van der Waals surface area contributed by atoms with E-state index < -0.39 is 26.4 Å². The van der Waals surface area contributed by atoms with Crippen molar-refractivity contribution in [1.29, 1.82) is 0 Å². The molecule has 0 aliphatic heterocycles. The lowest BCUT2D eigenvalue weighted by Crippen LogP contribution is -2.14. The summed E-state index contributed by atoms with van der Waals surface area (Å²) in [5.74, 6) is -3.98. The van der Waals surface area contributed by atoms with Crippen LogP contribution < -0.4 is 5.32 Å². The lowest BCUT2D eigenvalue weighted by atomic mass is 10.2. The Morgan fingerprint density at radius 1 is 1.23 bits per heavy atom. The lowest BCUT2D eigenvalue weighted by Gasteiger charge is -2.05. The molecule has 0 saturated heterocycles. The van der Waals surface area contributed by atoms with Gasteiger partial charge in [0.1, 0.15) is 0 Å². The summed E-state index contributed by atoms with van der Waals surface area (Å²) in [6.45, 7) is 3.68. The molecule has 2 aromatic rings. The summed E-state index contributed by atoms with van der Waals surface area (Å²) >= 11 is 1.31. The van der Waals surface area contributed by atoms with Crippen LogP contribution in [0.5, 0.6) is 0 Å². The van der Waals surface area contributed by atoms with E-state index >= 15 is 0 Å². The minimum absolute atomic E-state index is 0.152. The first-order chi connectivity index (χ1) is 10.2. The first-order valence-corrected chi connectivity index (χ1v) is 8.45. The Bertz CT molecular complexity index is 780. The van der Waals surface area contributed by atoms with Crippen LogP contribution in [0.1, 0.15) is 20.9 Å². The molecule has 22 heavy (non-hydrogen) atoms. The SMILES string of the molecule is Cc1nc(NC(=O)c2ccc(S(=O)(=O)C(F)F)cc2)sc1C. The normalized spacial score (nSPS) is 11.7. The first-order valence-electron chi connectivity index (χ1n) is 6.09. The van der Waals surface area contributed by atoms with Crippen molar-refractivity contribution in [3.05, 3.63) is 40.4 Å². The first kappa shape index (κ1) is 16.5. The quantitative estimate of drug-likeness (QED) is 0.923. The number of benzene rings is 1. The van der Waals surface area contributed by atoms with Crippen LogP contribution in [0.4, 0.5) is 13.9 Å². The molecule has 5 nitrogen and oxygen atoms in total. The molecule has 1 aromatic heterocycles. The van der Waals surface area contributed by atoms with Crippen molar-refractivity contribution < 1.29 is 22.0 Å². The summed E-state index contributed by atoms with van der Waals surface area (Å²) in [7, 11) is -4.66. The number of anilines is 1. The number of aryl methyl sites for hydroxylation is 2. The fraction of sp³-hybridized carbons (Fsp3) is 0.231. The van der Waals surface area contributed by atoms with Gasteiger partial charge < -0.3 is 0 Å². The zero-order valence-corrected chi connectivity index (χ0v) is 13.3. The molecule has 0 radical (unpaired) electrons. The molecule has 2 rings (SSSR count). The largest absolute Gasteiger partial charge is 0.341 e. The van der Waals surface area contributed by atoms with Crippen molar-refractivity contribution in [2.24, 2.45) is 0 Å². The molecule has 1 amide bonds. The number of carbonyl (C=O) groups excluding carboxylic acids is 1. The number of hydrogen-bond acceptors (Lipinski definition) is 5. The monoisotopic (exact) mass is 346 g/mol. The second-order valence-electron chi connectivity index (χ2n) is 4.44. The van der Waals surface area contributed by atoms with E-state index in [9.17, 15) is 22.0 Å². The minimum atomic E-state index is -4.66. The Morgan fingerprint density at radius 2 is 1.82 bits per heavy atom. The Hall–Kier alpha value is -1.87. The van der Waals surface area contributed by atoms with Gasteiger partial charge in [-0.3, -0.25) is 10.1 Å². The van der Waals surface area contributed by atoms with Gasteiger partial charge in [-0.15, -0.1) is 11.3 Å². The van der Waals surface area contributed by atoms with E-state index in [1.54, 1.807) is 0 Å². The summed E-state index contributed by atoms with van der Waals surface area (Å²) < 4.78 is 47.4. The van der Waals surface area contributed by atoms with Crippen LogP contribution in [0.2, 0.25) is 0 Å². The molecule has 0 atom stereocenters. The van der Waals surface area contributed by atoms with E-state index in [4.69, 9.17) is 0 Å². The number of hydrogen-bond donors (Lipinski definition) is 1. The van der Waals surface area contributed by atoms with Crippen LogP contribution in [0.15, 0.2) is 29.2 Å². The Balaban J connectivity index is 2.18. The summed E-state index contributed by atoms with van der Waals surface area (Å²) in [6, 6.07) is 4.32. The lowest BCUT2D eigenvalue weighted by molar-refractivity contribution is 0.102. The molecule has 0 saturated carbocycles. The number of nitrogens with zero attached hydrogens (tertiary/aromatic N) is 1. The summed E-state index contributed by atoms with van der Waals surface area (Å²) in [5, 5.41) is 2.99. The average Bonchev–Trinajstić information content (AvgIpc) is 2.77. The molecule has 0 bridgehead atoms. The van der Waals surface area contributed by atoms with Crippen molar-refractivity contribution in [3.8, 4) is 0 Å². The number of rotatable bonds is 4. The van der Waals surface area contributed by atoms with E-state index in [1.165, 1.54) is 23.5 Å².